The summed E-state index contributed by atoms with van der Waals surface area (Å²) in [6.45, 7) is 7.96. The Morgan fingerprint density at radius 1 is 1.23 bits per heavy atom. The molecule has 1 aromatic rings. The van der Waals surface area contributed by atoms with Crippen LogP contribution in [-0.4, -0.2) is 65.6 Å². The van der Waals surface area contributed by atoms with E-state index in [9.17, 15) is 4.79 Å². The van der Waals surface area contributed by atoms with Gasteiger partial charge in [-0.25, -0.2) is 4.98 Å². The van der Waals surface area contributed by atoms with E-state index >= 15 is 0 Å². The van der Waals surface area contributed by atoms with Gasteiger partial charge in [-0.3, -0.25) is 18.9 Å². The Labute approximate surface area is 129 Å². The number of likely N-dealkylation sites (N-methyl/N-ethyl adjacent to an activating group) is 1. The Hall–Kier alpha value is -1.49. The number of nitrogens with zero attached hydrogens (tertiary/aromatic N) is 3. The lowest BCUT2D eigenvalue weighted by atomic mass is 10.1. The number of hydrogen-bond acceptors (Lipinski definition) is 6. The first-order chi connectivity index (χ1) is 10.1. The van der Waals surface area contributed by atoms with E-state index in [2.05, 4.69) is 40.7 Å². The summed E-state index contributed by atoms with van der Waals surface area (Å²) >= 11 is 0. The van der Waals surface area contributed by atoms with Gasteiger partial charge in [0.15, 0.2) is 0 Å². The molecule has 3 N–H and O–H groups in total. The normalized spacial score (nSPS) is 16.4. The summed E-state index contributed by atoms with van der Waals surface area (Å²) in [5.74, 6) is 0.998. The van der Waals surface area contributed by atoms with Crippen molar-refractivity contribution >= 4 is 16.3 Å². The molecule has 0 saturated carbocycles. The minimum Gasteiger partial charge on any atom is -0.340 e. The molecule has 2 heterocycles. The average molecular weight is 334 g/mol. The highest BCUT2D eigenvalue weighted by atomic mass is 32.3. The number of piperazine rings is 1. The van der Waals surface area contributed by atoms with Gasteiger partial charge in [0.2, 0.25) is 5.95 Å². The molecule has 0 bridgehead atoms. The molecule has 0 radical (unpaired) electrons. The van der Waals surface area contributed by atoms with Crippen molar-refractivity contribution in [1.29, 1.82) is 0 Å². The van der Waals surface area contributed by atoms with Gasteiger partial charge in [0.1, 0.15) is 0 Å². The van der Waals surface area contributed by atoms with E-state index < -0.39 is 10.4 Å². The van der Waals surface area contributed by atoms with Crippen LogP contribution in [-0.2, 0) is 10.4 Å². The second-order valence-electron chi connectivity index (χ2n) is 5.39. The van der Waals surface area contributed by atoms with Crippen LogP contribution < -0.4 is 10.5 Å². The summed E-state index contributed by atoms with van der Waals surface area (Å²) in [6, 6.07) is 1.59. The number of nitrogens with one attached hydrogen (secondary N) is 1. The van der Waals surface area contributed by atoms with Crippen molar-refractivity contribution in [3.63, 3.8) is 0 Å². The lowest BCUT2D eigenvalue weighted by molar-refractivity contribution is 0.311. The maximum atomic E-state index is 11.6. The molecule has 126 valence electrons. The minimum atomic E-state index is -4.67. The maximum absolute atomic E-state index is 11.6. The molecule has 2 rings (SSSR count). The number of rotatable bonds is 2. The molecule has 1 saturated heterocycles. The zero-order chi connectivity index (χ0) is 16.9. The maximum Gasteiger partial charge on any atom is 0.394 e. The topological polar surface area (TPSA) is 127 Å². The molecule has 0 unspecified atom stereocenters. The molecule has 0 amide bonds. The van der Waals surface area contributed by atoms with E-state index in [1.165, 1.54) is 0 Å². The molecule has 1 aromatic heterocycles. The van der Waals surface area contributed by atoms with Crippen molar-refractivity contribution in [3.05, 3.63) is 22.1 Å². The highest BCUT2D eigenvalue weighted by Gasteiger charge is 2.17. The van der Waals surface area contributed by atoms with Gasteiger partial charge in [-0.2, -0.15) is 8.42 Å². The van der Waals surface area contributed by atoms with Crippen molar-refractivity contribution in [3.8, 4) is 0 Å². The predicted octanol–water partition coefficient (Wildman–Crippen LogP) is -0.00770. The fourth-order valence-electron chi connectivity index (χ4n) is 1.93. The minimum absolute atomic E-state index is 0.0578. The number of aromatic amines is 1. The molecular formula is C12H22N4O5S. The molecule has 1 aliphatic heterocycles. The van der Waals surface area contributed by atoms with Crippen molar-refractivity contribution in [2.45, 2.75) is 19.8 Å². The third-order valence-corrected chi connectivity index (χ3v) is 3.14. The van der Waals surface area contributed by atoms with Crippen molar-refractivity contribution < 1.29 is 17.5 Å². The summed E-state index contributed by atoms with van der Waals surface area (Å²) in [4.78, 5) is 23.4. The monoisotopic (exact) mass is 334 g/mol. The molecule has 1 fully saturated rings. The summed E-state index contributed by atoms with van der Waals surface area (Å²) in [7, 11) is -2.56. The lowest BCUT2D eigenvalue weighted by Crippen LogP contribution is -2.45. The average Bonchev–Trinajstić information content (AvgIpc) is 2.36. The van der Waals surface area contributed by atoms with E-state index in [1.807, 2.05) is 0 Å². The van der Waals surface area contributed by atoms with Crippen LogP contribution in [0.15, 0.2) is 10.9 Å². The molecule has 0 atom stereocenters. The lowest BCUT2D eigenvalue weighted by Gasteiger charge is -2.32. The van der Waals surface area contributed by atoms with Crippen LogP contribution in [0.1, 0.15) is 25.5 Å². The number of hydrogen-bond donors (Lipinski definition) is 3. The van der Waals surface area contributed by atoms with E-state index in [-0.39, 0.29) is 11.5 Å². The quantitative estimate of drug-likeness (QED) is 0.645. The zero-order valence-corrected chi connectivity index (χ0v) is 13.7. The fraction of sp³-hybridized carbons (Fsp3) is 0.667. The van der Waals surface area contributed by atoms with Crippen LogP contribution >= 0.6 is 0 Å². The van der Waals surface area contributed by atoms with Crippen LogP contribution in [0, 0.1) is 0 Å². The van der Waals surface area contributed by atoms with Crippen LogP contribution in [0.2, 0.25) is 0 Å². The molecule has 0 spiro atoms. The van der Waals surface area contributed by atoms with Crippen LogP contribution in [0.4, 0.5) is 5.95 Å². The second-order valence-corrected chi connectivity index (χ2v) is 6.28. The zero-order valence-electron chi connectivity index (χ0n) is 12.9. The van der Waals surface area contributed by atoms with Crippen molar-refractivity contribution in [1.82, 2.24) is 14.9 Å². The summed E-state index contributed by atoms with van der Waals surface area (Å²) in [5, 5.41) is 0. The first-order valence-electron chi connectivity index (χ1n) is 6.81. The Bertz CT molecular complexity index is 627. The highest BCUT2D eigenvalue weighted by molar-refractivity contribution is 7.79. The SMILES string of the molecule is CC(C)c1cc(=O)[nH]c(N2CCN(C)CC2)n1.O=S(=O)(O)O. The summed E-state index contributed by atoms with van der Waals surface area (Å²) in [5.41, 5.74) is 0.806. The Kier molecular flexibility index (Phi) is 6.48. The molecule has 0 aliphatic carbocycles. The van der Waals surface area contributed by atoms with Gasteiger partial charge < -0.3 is 9.80 Å². The van der Waals surface area contributed by atoms with Crippen LogP contribution in [0.3, 0.4) is 0 Å². The largest absolute Gasteiger partial charge is 0.394 e. The Morgan fingerprint density at radius 3 is 2.18 bits per heavy atom. The number of H-pyrrole nitrogens is 1. The fourth-order valence-corrected chi connectivity index (χ4v) is 1.93. The third kappa shape index (κ3) is 6.98. The smallest absolute Gasteiger partial charge is 0.340 e. The van der Waals surface area contributed by atoms with E-state index in [1.54, 1.807) is 6.07 Å². The molecule has 22 heavy (non-hydrogen) atoms. The van der Waals surface area contributed by atoms with Crippen molar-refractivity contribution in [2.75, 3.05) is 38.1 Å². The summed E-state index contributed by atoms with van der Waals surface area (Å²) < 4.78 is 31.6. The standard InChI is InChI=1S/C12H20N4O.H2O4S/c1-9(2)10-8-11(17)14-12(13-10)16-6-4-15(3)5-7-16;1-5(2,3)4/h8-9H,4-7H2,1-3H3,(H,13,14,17);(H2,1,2,3,4). The van der Waals surface area contributed by atoms with Gasteiger partial charge in [0, 0.05) is 32.2 Å². The van der Waals surface area contributed by atoms with Gasteiger partial charge in [0.25, 0.3) is 5.56 Å². The van der Waals surface area contributed by atoms with Gasteiger partial charge in [0.05, 0.1) is 5.69 Å². The van der Waals surface area contributed by atoms with Gasteiger partial charge in [-0.15, -0.1) is 0 Å². The summed E-state index contributed by atoms with van der Waals surface area (Å²) in [6.07, 6.45) is 0. The van der Waals surface area contributed by atoms with Gasteiger partial charge >= 0.3 is 10.4 Å². The molecule has 10 heteroatoms. The van der Waals surface area contributed by atoms with E-state index in [4.69, 9.17) is 17.5 Å². The molecular weight excluding hydrogens is 312 g/mol. The Morgan fingerprint density at radius 2 is 1.73 bits per heavy atom. The van der Waals surface area contributed by atoms with E-state index in [0.29, 0.717) is 5.95 Å². The molecule has 0 aromatic carbocycles. The first-order valence-corrected chi connectivity index (χ1v) is 8.20. The van der Waals surface area contributed by atoms with Gasteiger partial charge in [-0.1, -0.05) is 13.8 Å². The molecule has 9 nitrogen and oxygen atoms in total. The van der Waals surface area contributed by atoms with E-state index in [0.717, 1.165) is 31.9 Å². The van der Waals surface area contributed by atoms with Crippen molar-refractivity contribution in [2.24, 2.45) is 0 Å². The first kappa shape index (κ1) is 18.6. The number of anilines is 1. The predicted molar refractivity (Wildman–Crippen MR) is 82.8 cm³/mol. The third-order valence-electron chi connectivity index (χ3n) is 3.14. The Balaban J connectivity index is 0.000000422. The second kappa shape index (κ2) is 7.68. The van der Waals surface area contributed by atoms with Crippen LogP contribution in [0.5, 0.6) is 0 Å². The van der Waals surface area contributed by atoms with Gasteiger partial charge in [-0.05, 0) is 13.0 Å². The van der Waals surface area contributed by atoms with Crippen LogP contribution in [0.25, 0.3) is 0 Å². The highest BCUT2D eigenvalue weighted by Crippen LogP contribution is 2.14. The molecule has 1 aliphatic rings. The number of aromatic nitrogens is 2.